The van der Waals surface area contributed by atoms with Crippen LogP contribution in [0.1, 0.15) is 27.0 Å². The highest BCUT2D eigenvalue weighted by molar-refractivity contribution is 6.13. The monoisotopic (exact) mass is 578 g/mol. The number of benzene rings is 4. The standard InChI is InChI=1S/C34H34N4O5/c1-41-28-9-5-7-26-32(28)38(35)31-25(33(26)39)6-4-8-27(31)34(40)36-24-12-10-21(11-13-24)14-16-37-17-15-22-18-29(42-2)30(43-3)19-23(22)20-37/h4-13,18-19H,14-17,20,35H2,1-3H3,(H,36,40). The van der Waals surface area contributed by atoms with Gasteiger partial charge in [0, 0.05) is 30.7 Å². The van der Waals surface area contributed by atoms with Crippen molar-refractivity contribution in [1.29, 1.82) is 0 Å². The lowest BCUT2D eigenvalue weighted by Gasteiger charge is -2.29. The zero-order valence-corrected chi connectivity index (χ0v) is 24.5. The van der Waals surface area contributed by atoms with Crippen molar-refractivity contribution in [3.05, 3.63) is 105 Å². The molecule has 9 nitrogen and oxygen atoms in total. The summed E-state index contributed by atoms with van der Waals surface area (Å²) < 4.78 is 17.8. The molecular formula is C34H34N4O5. The molecule has 6 rings (SSSR count). The van der Waals surface area contributed by atoms with E-state index in [0.29, 0.717) is 38.8 Å². The number of nitrogens with two attached hydrogens (primary N) is 1. The summed E-state index contributed by atoms with van der Waals surface area (Å²) in [6.45, 7) is 2.76. The van der Waals surface area contributed by atoms with Crippen LogP contribution in [0.3, 0.4) is 0 Å². The summed E-state index contributed by atoms with van der Waals surface area (Å²) in [5, 5.41) is 3.76. The van der Waals surface area contributed by atoms with E-state index in [-0.39, 0.29) is 11.3 Å². The normalized spacial score (nSPS) is 13.1. The predicted molar refractivity (Wildman–Crippen MR) is 169 cm³/mol. The van der Waals surface area contributed by atoms with E-state index in [4.69, 9.17) is 20.1 Å². The molecule has 220 valence electrons. The second-order valence-corrected chi connectivity index (χ2v) is 10.7. The Morgan fingerprint density at radius 3 is 2.19 bits per heavy atom. The van der Waals surface area contributed by atoms with Crippen molar-refractivity contribution in [3.8, 4) is 17.2 Å². The Bertz CT molecular complexity index is 1900. The number of nitrogen functional groups attached to an aromatic ring is 1. The zero-order valence-electron chi connectivity index (χ0n) is 24.5. The maximum atomic E-state index is 13.4. The summed E-state index contributed by atoms with van der Waals surface area (Å²) in [5.41, 5.74) is 5.28. The van der Waals surface area contributed by atoms with E-state index in [1.54, 1.807) is 50.6 Å². The van der Waals surface area contributed by atoms with Crippen LogP contribution in [0.15, 0.2) is 77.6 Å². The lowest BCUT2D eigenvalue weighted by atomic mass is 9.98. The lowest BCUT2D eigenvalue weighted by molar-refractivity contribution is 0.102. The van der Waals surface area contributed by atoms with Crippen LogP contribution in [-0.2, 0) is 19.4 Å². The Hall–Kier alpha value is -5.02. The van der Waals surface area contributed by atoms with Gasteiger partial charge in [0.2, 0.25) is 0 Å². The molecule has 0 atom stereocenters. The Morgan fingerprint density at radius 2 is 1.49 bits per heavy atom. The van der Waals surface area contributed by atoms with Gasteiger partial charge in [-0.15, -0.1) is 0 Å². The first-order valence-electron chi connectivity index (χ1n) is 14.2. The molecule has 1 amide bonds. The van der Waals surface area contributed by atoms with Gasteiger partial charge in [0.1, 0.15) is 11.3 Å². The minimum absolute atomic E-state index is 0.208. The fourth-order valence-corrected chi connectivity index (χ4v) is 5.92. The molecule has 9 heteroatoms. The Balaban J connectivity index is 1.16. The third-order valence-electron chi connectivity index (χ3n) is 8.20. The van der Waals surface area contributed by atoms with Crippen LogP contribution in [0.2, 0.25) is 0 Å². The average molecular weight is 579 g/mol. The maximum Gasteiger partial charge on any atom is 0.257 e. The number of anilines is 1. The minimum atomic E-state index is -0.356. The number of nitrogens with zero attached hydrogens (tertiary/aromatic N) is 2. The Labute approximate surface area is 249 Å². The number of pyridine rings is 1. The third-order valence-corrected chi connectivity index (χ3v) is 8.20. The first kappa shape index (κ1) is 28.1. The van der Waals surface area contributed by atoms with E-state index < -0.39 is 0 Å². The number of hydrogen-bond acceptors (Lipinski definition) is 7. The summed E-state index contributed by atoms with van der Waals surface area (Å²) in [7, 11) is 4.85. The van der Waals surface area contributed by atoms with Crippen molar-refractivity contribution in [3.63, 3.8) is 0 Å². The number of para-hydroxylation sites is 2. The van der Waals surface area contributed by atoms with E-state index in [9.17, 15) is 9.59 Å². The summed E-state index contributed by atoms with van der Waals surface area (Å²) >= 11 is 0. The van der Waals surface area contributed by atoms with Crippen molar-refractivity contribution < 1.29 is 19.0 Å². The molecule has 43 heavy (non-hydrogen) atoms. The number of amides is 1. The van der Waals surface area contributed by atoms with Gasteiger partial charge in [0.15, 0.2) is 16.9 Å². The summed E-state index contributed by atoms with van der Waals surface area (Å²) in [4.78, 5) is 29.2. The van der Waals surface area contributed by atoms with E-state index in [1.165, 1.54) is 28.5 Å². The molecule has 3 N–H and O–H groups in total. The van der Waals surface area contributed by atoms with Crippen molar-refractivity contribution in [2.24, 2.45) is 0 Å². The van der Waals surface area contributed by atoms with Crippen LogP contribution in [0, 0.1) is 0 Å². The van der Waals surface area contributed by atoms with Gasteiger partial charge in [0.05, 0.1) is 37.8 Å². The van der Waals surface area contributed by atoms with Gasteiger partial charge in [-0.1, -0.05) is 24.3 Å². The van der Waals surface area contributed by atoms with Crippen LogP contribution in [0.4, 0.5) is 5.69 Å². The number of hydrogen-bond donors (Lipinski definition) is 2. The molecule has 0 saturated heterocycles. The fraction of sp³-hybridized carbons (Fsp3) is 0.235. The number of fused-ring (bicyclic) bond motifs is 3. The van der Waals surface area contributed by atoms with E-state index in [1.807, 2.05) is 24.3 Å². The Kier molecular flexibility index (Phi) is 7.65. The molecule has 1 aromatic heterocycles. The quantitative estimate of drug-likeness (QED) is 0.202. The molecule has 4 aromatic carbocycles. The van der Waals surface area contributed by atoms with Gasteiger partial charge in [-0.25, -0.2) is 0 Å². The first-order chi connectivity index (χ1) is 20.9. The van der Waals surface area contributed by atoms with Crippen molar-refractivity contribution >= 4 is 33.4 Å². The number of carbonyl (C=O) groups is 1. The van der Waals surface area contributed by atoms with Crippen molar-refractivity contribution in [1.82, 2.24) is 9.58 Å². The van der Waals surface area contributed by atoms with Gasteiger partial charge in [-0.3, -0.25) is 19.2 Å². The summed E-state index contributed by atoms with van der Waals surface area (Å²) in [6.07, 6.45) is 1.85. The number of carbonyl (C=O) groups excluding carboxylic acids is 1. The number of methoxy groups -OCH3 is 3. The maximum absolute atomic E-state index is 13.4. The van der Waals surface area contributed by atoms with Gasteiger partial charge in [-0.05, 0) is 78.1 Å². The van der Waals surface area contributed by atoms with Crippen LogP contribution < -0.4 is 30.8 Å². The highest BCUT2D eigenvalue weighted by atomic mass is 16.5. The van der Waals surface area contributed by atoms with E-state index in [0.717, 1.165) is 44.0 Å². The number of aromatic nitrogens is 1. The van der Waals surface area contributed by atoms with Gasteiger partial charge in [0.25, 0.3) is 5.91 Å². The highest BCUT2D eigenvalue weighted by Gasteiger charge is 2.21. The molecule has 5 aromatic rings. The van der Waals surface area contributed by atoms with Gasteiger partial charge in [-0.2, -0.15) is 0 Å². The molecule has 0 spiro atoms. The molecule has 0 saturated carbocycles. The van der Waals surface area contributed by atoms with Crippen LogP contribution in [-0.4, -0.2) is 49.9 Å². The van der Waals surface area contributed by atoms with Crippen LogP contribution >= 0.6 is 0 Å². The fourth-order valence-electron chi connectivity index (χ4n) is 5.92. The number of ether oxygens (including phenoxy) is 3. The summed E-state index contributed by atoms with van der Waals surface area (Å²) in [6, 6.07) is 22.2. The van der Waals surface area contributed by atoms with E-state index >= 15 is 0 Å². The van der Waals surface area contributed by atoms with Gasteiger partial charge >= 0.3 is 0 Å². The molecule has 2 heterocycles. The van der Waals surface area contributed by atoms with E-state index in [2.05, 4.69) is 22.3 Å². The molecule has 0 aliphatic carbocycles. The largest absolute Gasteiger partial charge is 0.494 e. The molecule has 1 aliphatic rings. The second kappa shape index (κ2) is 11.7. The topological polar surface area (TPSA) is 108 Å². The molecular weight excluding hydrogens is 544 g/mol. The Morgan fingerprint density at radius 1 is 0.837 bits per heavy atom. The predicted octanol–water partition coefficient (Wildman–Crippen LogP) is 4.75. The smallest absolute Gasteiger partial charge is 0.257 e. The second-order valence-electron chi connectivity index (χ2n) is 10.7. The van der Waals surface area contributed by atoms with Crippen molar-refractivity contribution in [2.75, 3.05) is 45.6 Å². The number of nitrogens with one attached hydrogen (secondary N) is 1. The molecule has 0 bridgehead atoms. The zero-order chi connectivity index (χ0) is 30.1. The lowest BCUT2D eigenvalue weighted by Crippen LogP contribution is -2.32. The van der Waals surface area contributed by atoms with Crippen LogP contribution in [0.5, 0.6) is 17.2 Å². The first-order valence-corrected chi connectivity index (χ1v) is 14.2. The number of rotatable bonds is 8. The molecule has 0 radical (unpaired) electrons. The third kappa shape index (κ3) is 5.23. The SMILES string of the molecule is COc1cc2c(cc1OC)CN(CCc1ccc(NC(=O)c3cccc4c(=O)c5cccc(OC)c5n(N)c34)cc1)CC2. The van der Waals surface area contributed by atoms with Crippen LogP contribution in [0.25, 0.3) is 21.8 Å². The molecule has 0 unspecified atom stereocenters. The molecule has 0 fully saturated rings. The highest BCUT2D eigenvalue weighted by Crippen LogP contribution is 2.33. The average Bonchev–Trinajstić information content (AvgIpc) is 3.05. The minimum Gasteiger partial charge on any atom is -0.494 e. The summed E-state index contributed by atoms with van der Waals surface area (Å²) in [5.74, 6) is 8.13. The van der Waals surface area contributed by atoms with Gasteiger partial charge < -0.3 is 25.4 Å². The van der Waals surface area contributed by atoms with Crippen molar-refractivity contribution in [2.45, 2.75) is 19.4 Å². The molecule has 1 aliphatic heterocycles.